The van der Waals surface area contributed by atoms with Crippen LogP contribution in [0, 0.1) is 11.6 Å². The monoisotopic (exact) mass is 448 g/mol. The number of rotatable bonds is 6. The Labute approximate surface area is 179 Å². The van der Waals surface area contributed by atoms with E-state index in [1.54, 1.807) is 0 Å². The summed E-state index contributed by atoms with van der Waals surface area (Å²) >= 11 is 6.20. The molecule has 3 aromatic rings. The van der Waals surface area contributed by atoms with Crippen molar-refractivity contribution in [2.45, 2.75) is 0 Å². The summed E-state index contributed by atoms with van der Waals surface area (Å²) in [5.41, 5.74) is 6.12. The fraction of sp³-hybridized carbons (Fsp3) is 0.0526. The van der Waals surface area contributed by atoms with E-state index in [0.29, 0.717) is 11.6 Å². The molecule has 1 aromatic heterocycles. The van der Waals surface area contributed by atoms with E-state index in [2.05, 4.69) is 30.6 Å². The molecule has 31 heavy (non-hydrogen) atoms. The van der Waals surface area contributed by atoms with Gasteiger partial charge in [0, 0.05) is 12.1 Å². The maximum Gasteiger partial charge on any atom is 0.323 e. The summed E-state index contributed by atoms with van der Waals surface area (Å²) in [6.07, 6.45) is 2.51. The molecule has 9 nitrogen and oxygen atoms in total. The van der Waals surface area contributed by atoms with Crippen molar-refractivity contribution in [3.05, 3.63) is 64.9 Å². The molecule has 12 heteroatoms. The number of nitrogen functional groups attached to an aromatic ring is 1. The lowest BCUT2D eigenvalue weighted by molar-refractivity contribution is 0.215. The minimum atomic E-state index is -0.915. The summed E-state index contributed by atoms with van der Waals surface area (Å²) in [5.74, 6) is -1.16. The summed E-state index contributed by atoms with van der Waals surface area (Å²) in [4.78, 5) is 24.6. The van der Waals surface area contributed by atoms with E-state index >= 15 is 0 Å². The van der Waals surface area contributed by atoms with E-state index in [0.717, 1.165) is 12.1 Å². The Morgan fingerprint density at radius 2 is 1.90 bits per heavy atom. The maximum atomic E-state index is 13.7. The second-order valence-electron chi connectivity index (χ2n) is 5.84. The van der Waals surface area contributed by atoms with Crippen molar-refractivity contribution >= 4 is 41.0 Å². The number of benzene rings is 2. The van der Waals surface area contributed by atoms with Gasteiger partial charge in [-0.2, -0.15) is 0 Å². The third kappa shape index (κ3) is 5.54. The first-order valence-electron chi connectivity index (χ1n) is 8.55. The van der Waals surface area contributed by atoms with Gasteiger partial charge in [-0.3, -0.25) is 0 Å². The molecule has 0 saturated heterocycles. The Kier molecular flexibility index (Phi) is 6.78. The number of hydrogen-bond acceptors (Lipinski definition) is 7. The smallest absolute Gasteiger partial charge is 0.323 e. The molecular weight excluding hydrogens is 434 g/mol. The maximum absolute atomic E-state index is 13.7. The number of hydrogen-bond donors (Lipinski definition) is 3. The molecule has 2 amide bonds. The zero-order valence-electron chi connectivity index (χ0n) is 15.9. The standard InChI is InChI=1S/C19H15ClF2N6O3/c1-30-26-8-12-17(23)24-9-25-18(12)31-11-3-5-15(13(20)7-11)27-19(29)28-16-4-2-10(21)6-14(16)22/h2-9H,1H3,(H2,23,24,25)(H2,27,28,29)/b26-8+. The third-order valence-corrected chi connectivity index (χ3v) is 4.06. The summed E-state index contributed by atoms with van der Waals surface area (Å²) in [6.45, 7) is 0. The van der Waals surface area contributed by atoms with Gasteiger partial charge in [-0.1, -0.05) is 16.8 Å². The van der Waals surface area contributed by atoms with E-state index in [1.807, 2.05) is 0 Å². The number of amides is 2. The highest BCUT2D eigenvalue weighted by molar-refractivity contribution is 6.34. The van der Waals surface area contributed by atoms with Crippen molar-refractivity contribution in [3.8, 4) is 11.6 Å². The van der Waals surface area contributed by atoms with Gasteiger partial charge < -0.3 is 25.9 Å². The van der Waals surface area contributed by atoms with Crippen LogP contribution in [0.3, 0.4) is 0 Å². The van der Waals surface area contributed by atoms with E-state index in [-0.39, 0.29) is 33.8 Å². The van der Waals surface area contributed by atoms with Crippen LogP contribution in [0.4, 0.5) is 30.8 Å². The molecule has 160 valence electrons. The van der Waals surface area contributed by atoms with E-state index in [9.17, 15) is 13.6 Å². The molecule has 3 rings (SSSR count). The normalized spacial score (nSPS) is 10.7. The zero-order chi connectivity index (χ0) is 22.4. The minimum Gasteiger partial charge on any atom is -0.438 e. The highest BCUT2D eigenvalue weighted by Gasteiger charge is 2.13. The highest BCUT2D eigenvalue weighted by Crippen LogP contribution is 2.31. The van der Waals surface area contributed by atoms with Gasteiger partial charge in [0.05, 0.1) is 22.6 Å². The number of carbonyl (C=O) groups excluding carboxylic acids is 1. The first-order valence-corrected chi connectivity index (χ1v) is 8.92. The predicted molar refractivity (Wildman–Crippen MR) is 112 cm³/mol. The minimum absolute atomic E-state index is 0.106. The SMILES string of the molecule is CO/N=C/c1c(N)ncnc1Oc1ccc(NC(=O)Nc2ccc(F)cc2F)c(Cl)c1. The molecule has 2 aromatic carbocycles. The van der Waals surface area contributed by atoms with E-state index in [4.69, 9.17) is 22.1 Å². The number of anilines is 3. The fourth-order valence-electron chi connectivity index (χ4n) is 2.34. The van der Waals surface area contributed by atoms with E-state index in [1.165, 1.54) is 37.9 Å². The van der Waals surface area contributed by atoms with Gasteiger partial charge in [-0.25, -0.2) is 23.5 Å². The Morgan fingerprint density at radius 3 is 2.61 bits per heavy atom. The Balaban J connectivity index is 1.73. The van der Waals surface area contributed by atoms with Crippen LogP contribution in [0.15, 0.2) is 47.9 Å². The van der Waals surface area contributed by atoms with Gasteiger partial charge >= 0.3 is 6.03 Å². The summed E-state index contributed by atoms with van der Waals surface area (Å²) in [6, 6.07) is 6.39. The number of aromatic nitrogens is 2. The highest BCUT2D eigenvalue weighted by atomic mass is 35.5. The van der Waals surface area contributed by atoms with Crippen molar-refractivity contribution in [1.29, 1.82) is 0 Å². The first-order chi connectivity index (χ1) is 14.9. The number of nitrogens with one attached hydrogen (secondary N) is 2. The number of oxime groups is 1. The number of halogens is 3. The van der Waals surface area contributed by atoms with Gasteiger partial charge in [-0.15, -0.1) is 0 Å². The molecular formula is C19H15ClF2N6O3. The van der Waals surface area contributed by atoms with Gasteiger partial charge in [0.2, 0.25) is 5.88 Å². The van der Waals surface area contributed by atoms with Crippen LogP contribution >= 0.6 is 11.6 Å². The van der Waals surface area contributed by atoms with Crippen molar-refractivity contribution < 1.29 is 23.1 Å². The lowest BCUT2D eigenvalue weighted by atomic mass is 10.3. The zero-order valence-corrected chi connectivity index (χ0v) is 16.7. The van der Waals surface area contributed by atoms with Crippen molar-refractivity contribution in [1.82, 2.24) is 9.97 Å². The number of nitrogens with zero attached hydrogens (tertiary/aromatic N) is 3. The quantitative estimate of drug-likeness (QED) is 0.379. The predicted octanol–water partition coefficient (Wildman–Crippen LogP) is 4.41. The largest absolute Gasteiger partial charge is 0.438 e. The average Bonchev–Trinajstić information content (AvgIpc) is 2.72. The average molecular weight is 449 g/mol. The van der Waals surface area contributed by atoms with Crippen LogP contribution in [0.25, 0.3) is 0 Å². The molecule has 0 unspecified atom stereocenters. The van der Waals surface area contributed by atoms with Crippen LogP contribution in [-0.2, 0) is 4.84 Å². The number of ether oxygens (including phenoxy) is 1. The molecule has 0 radical (unpaired) electrons. The molecule has 1 heterocycles. The fourth-order valence-corrected chi connectivity index (χ4v) is 2.56. The molecule has 4 N–H and O–H groups in total. The molecule has 0 bridgehead atoms. The second kappa shape index (κ2) is 9.67. The van der Waals surface area contributed by atoms with Gasteiger partial charge in [0.25, 0.3) is 0 Å². The molecule has 0 aliphatic carbocycles. The van der Waals surface area contributed by atoms with Gasteiger partial charge in [0.1, 0.15) is 42.2 Å². The van der Waals surface area contributed by atoms with Crippen molar-refractivity contribution in [3.63, 3.8) is 0 Å². The van der Waals surface area contributed by atoms with Crippen molar-refractivity contribution in [2.75, 3.05) is 23.5 Å². The lowest BCUT2D eigenvalue weighted by Crippen LogP contribution is -2.20. The molecule has 0 saturated carbocycles. The van der Waals surface area contributed by atoms with Crippen LogP contribution in [0.1, 0.15) is 5.56 Å². The summed E-state index contributed by atoms with van der Waals surface area (Å²) in [7, 11) is 1.36. The molecule has 0 spiro atoms. The lowest BCUT2D eigenvalue weighted by Gasteiger charge is -2.12. The summed E-state index contributed by atoms with van der Waals surface area (Å²) in [5, 5.41) is 8.47. The molecule has 0 aliphatic rings. The van der Waals surface area contributed by atoms with Gasteiger partial charge in [0.15, 0.2) is 0 Å². The topological polar surface area (TPSA) is 124 Å². The van der Waals surface area contributed by atoms with Crippen LogP contribution in [0.2, 0.25) is 5.02 Å². The van der Waals surface area contributed by atoms with Gasteiger partial charge in [-0.05, 0) is 24.3 Å². The number of nitrogens with two attached hydrogens (primary N) is 1. The van der Waals surface area contributed by atoms with E-state index < -0.39 is 17.7 Å². The third-order valence-electron chi connectivity index (χ3n) is 3.75. The Bertz CT molecular complexity index is 1150. The number of urea groups is 1. The molecule has 0 atom stereocenters. The Morgan fingerprint density at radius 1 is 1.16 bits per heavy atom. The van der Waals surface area contributed by atoms with Crippen LogP contribution in [-0.4, -0.2) is 29.3 Å². The first kappa shape index (κ1) is 21.7. The number of carbonyl (C=O) groups is 1. The summed E-state index contributed by atoms with van der Waals surface area (Å²) < 4.78 is 32.3. The Hall–Kier alpha value is -3.99. The second-order valence-corrected chi connectivity index (χ2v) is 6.25. The van der Waals surface area contributed by atoms with Crippen molar-refractivity contribution in [2.24, 2.45) is 5.16 Å². The molecule has 0 fully saturated rings. The molecule has 0 aliphatic heterocycles. The van der Waals surface area contributed by atoms with Crippen LogP contribution in [0.5, 0.6) is 11.6 Å². The van der Waals surface area contributed by atoms with Crippen LogP contribution < -0.4 is 21.1 Å².